The second-order valence-electron chi connectivity index (χ2n) is 14.6. The third-order valence-electron chi connectivity index (χ3n) is 9.02. The maximum atomic E-state index is 13.9. The van der Waals surface area contributed by atoms with Crippen LogP contribution in [-0.4, -0.2) is 32.8 Å². The van der Waals surface area contributed by atoms with Gasteiger partial charge in [0.25, 0.3) is 0 Å². The van der Waals surface area contributed by atoms with Crippen molar-refractivity contribution in [2.45, 2.75) is 57.4 Å². The molecule has 1 radical (unpaired) electrons. The number of benzene rings is 4. The summed E-state index contributed by atoms with van der Waals surface area (Å²) in [5.41, 5.74) is 5.77. The fraction of sp³-hybridized carbons (Fsp3) is 0.233. The van der Waals surface area contributed by atoms with E-state index in [-0.39, 0.29) is 32.0 Å². The number of hydrogen-bond acceptors (Lipinski definition) is 4. The van der Waals surface area contributed by atoms with Crippen molar-refractivity contribution in [1.82, 2.24) is 19.5 Å². The Hall–Kier alpha value is -3.75. The summed E-state index contributed by atoms with van der Waals surface area (Å²) in [5, 5.41) is 4.82. The Labute approximate surface area is 319 Å². The van der Waals surface area contributed by atoms with Crippen molar-refractivity contribution >= 4 is 71.1 Å². The van der Waals surface area contributed by atoms with E-state index in [0.717, 1.165) is 28.2 Å². The van der Waals surface area contributed by atoms with Crippen molar-refractivity contribution in [3.05, 3.63) is 121 Å². The molecule has 0 amide bonds. The van der Waals surface area contributed by atoms with Gasteiger partial charge in [-0.2, -0.15) is 11.3 Å². The molecule has 4 aromatic carbocycles. The van der Waals surface area contributed by atoms with E-state index in [9.17, 15) is 4.39 Å². The summed E-state index contributed by atoms with van der Waals surface area (Å²) in [7, 11) is 0. The molecule has 0 spiro atoms. The number of thiophene rings is 1. The molecule has 261 valence electrons. The molecule has 8 heteroatoms. The SMILES string of the molecule is CC(C)Cc1cc(-c2[c-]cccc2F)nc[c]1[Ge]([CH3])([CH3])[CH3].CC(C)n1c(-c2[c-]ccc3c2sc2ncccc23)nc2c3ccccc3ccc21.[Ir]. The van der Waals surface area contributed by atoms with E-state index in [1.165, 1.54) is 47.8 Å². The molecule has 4 heterocycles. The second-order valence-corrected chi connectivity index (χ2v) is 26.1. The maximum Gasteiger partial charge on any atom is 0.113 e. The van der Waals surface area contributed by atoms with Crippen LogP contribution in [0.4, 0.5) is 4.39 Å². The molecule has 51 heavy (non-hydrogen) atoms. The van der Waals surface area contributed by atoms with E-state index in [2.05, 4.69) is 126 Å². The summed E-state index contributed by atoms with van der Waals surface area (Å²) in [6.07, 6.45) is 4.85. The standard InChI is InChI=1S/C25H18N3S.C18H23FGeN.Ir/c1-15(2)28-21-13-12-16-7-3-4-8-17(16)22(21)27-24(28)20-10-5-9-18-19-11-6-14-26-25(19)29-23(18)20;1-13(2)10-14-11-18(15-8-6-7-9-16(15)19)21-12-17(14)20(3,4)5;/h3-9,11-15H,1-2H3;6-7,9,11-13H,10H2,1-5H3;/q2*-1;. The van der Waals surface area contributed by atoms with Crippen LogP contribution in [0.3, 0.4) is 0 Å². The van der Waals surface area contributed by atoms with Crippen LogP contribution < -0.4 is 4.40 Å². The van der Waals surface area contributed by atoms with Crippen LogP contribution in [0.2, 0.25) is 17.3 Å². The minimum absolute atomic E-state index is 0. The van der Waals surface area contributed by atoms with Gasteiger partial charge in [-0.25, -0.2) is 4.98 Å². The van der Waals surface area contributed by atoms with Crippen LogP contribution in [0, 0.1) is 23.9 Å². The van der Waals surface area contributed by atoms with Gasteiger partial charge in [0.05, 0.1) is 16.9 Å². The number of pyridine rings is 2. The van der Waals surface area contributed by atoms with Gasteiger partial charge in [-0.05, 0) is 41.5 Å². The summed E-state index contributed by atoms with van der Waals surface area (Å²) in [4.78, 5) is 15.3. The van der Waals surface area contributed by atoms with Crippen molar-refractivity contribution < 1.29 is 24.5 Å². The molecular formula is C43H41FGeIrN4S-2. The number of aromatic nitrogens is 4. The van der Waals surface area contributed by atoms with Crippen molar-refractivity contribution in [2.24, 2.45) is 5.92 Å². The Bertz CT molecular complexity index is 2500. The third kappa shape index (κ3) is 7.32. The van der Waals surface area contributed by atoms with Gasteiger partial charge in [0.1, 0.15) is 4.83 Å². The van der Waals surface area contributed by atoms with E-state index in [1.807, 2.05) is 24.5 Å². The van der Waals surface area contributed by atoms with Crippen molar-refractivity contribution in [2.75, 3.05) is 0 Å². The molecular weight excluding hydrogens is 888 g/mol. The average Bonchev–Trinajstić information content (AvgIpc) is 3.67. The van der Waals surface area contributed by atoms with Crippen LogP contribution in [0.5, 0.6) is 0 Å². The molecule has 0 aliphatic heterocycles. The minimum Gasteiger partial charge on any atom is -0.362 e. The zero-order valence-corrected chi connectivity index (χ0v) is 35.3. The smallest absolute Gasteiger partial charge is 0.113 e. The first-order valence-corrected chi connectivity index (χ1v) is 25.4. The summed E-state index contributed by atoms with van der Waals surface area (Å²) in [6.45, 7) is 8.86. The van der Waals surface area contributed by atoms with Crippen LogP contribution in [0.15, 0.2) is 97.3 Å². The zero-order valence-electron chi connectivity index (χ0n) is 30.0. The van der Waals surface area contributed by atoms with Crippen LogP contribution in [0.25, 0.3) is 64.8 Å². The number of rotatable bonds is 6. The molecule has 0 unspecified atom stereocenters. The van der Waals surface area contributed by atoms with Gasteiger partial charge in [0.2, 0.25) is 0 Å². The molecule has 0 fully saturated rings. The van der Waals surface area contributed by atoms with Gasteiger partial charge < -0.3 is 4.57 Å². The molecule has 8 aromatic rings. The van der Waals surface area contributed by atoms with E-state index >= 15 is 0 Å². The molecule has 0 bridgehead atoms. The number of hydrogen-bond donors (Lipinski definition) is 0. The fourth-order valence-corrected chi connectivity index (χ4v) is 11.3. The molecule has 0 atom stereocenters. The van der Waals surface area contributed by atoms with Crippen molar-refractivity contribution in [3.8, 4) is 22.6 Å². The third-order valence-corrected chi connectivity index (χ3v) is 14.5. The van der Waals surface area contributed by atoms with E-state index in [1.54, 1.807) is 23.5 Å². The Balaban J connectivity index is 0.000000182. The van der Waals surface area contributed by atoms with Crippen LogP contribution in [-0.2, 0) is 26.5 Å². The van der Waals surface area contributed by atoms with E-state index in [0.29, 0.717) is 17.2 Å². The zero-order chi connectivity index (χ0) is 35.2. The molecule has 4 aromatic heterocycles. The Morgan fingerprint density at radius 2 is 1.59 bits per heavy atom. The number of imidazole rings is 1. The topological polar surface area (TPSA) is 43.6 Å². The molecule has 8 rings (SSSR count). The first kappa shape index (κ1) is 37.0. The molecule has 4 nitrogen and oxygen atoms in total. The summed E-state index contributed by atoms with van der Waals surface area (Å²) >= 11 is -0.247. The van der Waals surface area contributed by atoms with Crippen molar-refractivity contribution in [3.63, 3.8) is 0 Å². The van der Waals surface area contributed by atoms with Gasteiger partial charge in [-0.1, -0.05) is 47.3 Å². The fourth-order valence-electron chi connectivity index (χ4n) is 6.80. The first-order valence-electron chi connectivity index (χ1n) is 17.2. The summed E-state index contributed by atoms with van der Waals surface area (Å²) in [6, 6.07) is 34.8. The second kappa shape index (κ2) is 15.1. The normalized spacial score (nSPS) is 11.8. The predicted molar refractivity (Wildman–Crippen MR) is 213 cm³/mol. The quantitative estimate of drug-likeness (QED) is 0.123. The number of fused-ring (bicyclic) bond motifs is 6. The molecule has 0 saturated carbocycles. The van der Waals surface area contributed by atoms with Crippen LogP contribution >= 0.6 is 11.3 Å². The Morgan fingerprint density at radius 1 is 0.824 bits per heavy atom. The number of nitrogens with zero attached hydrogens (tertiary/aromatic N) is 4. The van der Waals surface area contributed by atoms with Gasteiger partial charge in [-0.15, -0.1) is 18.2 Å². The molecule has 0 N–H and O–H groups in total. The average molecular weight is 930 g/mol. The van der Waals surface area contributed by atoms with Gasteiger partial charge in [0.15, 0.2) is 0 Å². The van der Waals surface area contributed by atoms with Crippen molar-refractivity contribution in [1.29, 1.82) is 0 Å². The first-order chi connectivity index (χ1) is 24.0. The molecule has 0 saturated heterocycles. The minimum atomic E-state index is -1.97. The Kier molecular flexibility index (Phi) is 10.9. The maximum absolute atomic E-state index is 13.9. The van der Waals surface area contributed by atoms with E-state index < -0.39 is 13.3 Å². The summed E-state index contributed by atoms with van der Waals surface area (Å²) < 4.78 is 18.9. The monoisotopic (exact) mass is 931 g/mol. The number of halogens is 1. The van der Waals surface area contributed by atoms with Gasteiger partial charge >= 0.3 is 130 Å². The molecule has 0 aliphatic rings. The van der Waals surface area contributed by atoms with Gasteiger partial charge in [0, 0.05) is 37.7 Å². The van der Waals surface area contributed by atoms with E-state index in [4.69, 9.17) is 4.98 Å². The predicted octanol–water partition coefficient (Wildman–Crippen LogP) is 11.4. The van der Waals surface area contributed by atoms with Gasteiger partial charge in [-0.3, -0.25) is 4.98 Å². The molecule has 0 aliphatic carbocycles. The largest absolute Gasteiger partial charge is 0.362 e. The Morgan fingerprint density at radius 3 is 2.33 bits per heavy atom. The van der Waals surface area contributed by atoms with Crippen LogP contribution in [0.1, 0.15) is 39.3 Å². The summed E-state index contributed by atoms with van der Waals surface area (Å²) in [5.74, 6) is 8.41.